The monoisotopic (exact) mass is 377 g/mol. The third-order valence-corrected chi connectivity index (χ3v) is 4.64. The first-order valence-corrected chi connectivity index (χ1v) is 8.48. The predicted molar refractivity (Wildman–Crippen MR) is 93.5 cm³/mol. The molecule has 1 aliphatic rings. The molecule has 1 saturated heterocycles. The van der Waals surface area contributed by atoms with Gasteiger partial charge in [0.05, 0.1) is 18.5 Å². The van der Waals surface area contributed by atoms with E-state index in [1.165, 1.54) is 0 Å². The van der Waals surface area contributed by atoms with E-state index in [4.69, 9.17) is 4.42 Å². The van der Waals surface area contributed by atoms with Gasteiger partial charge in [0.1, 0.15) is 5.76 Å². The van der Waals surface area contributed by atoms with Crippen LogP contribution in [0, 0.1) is 6.92 Å². The van der Waals surface area contributed by atoms with Gasteiger partial charge in [0, 0.05) is 30.7 Å². The summed E-state index contributed by atoms with van der Waals surface area (Å²) in [6.07, 6.45) is 1.69. The summed E-state index contributed by atoms with van der Waals surface area (Å²) in [4.78, 5) is 16.5. The number of furan rings is 1. The van der Waals surface area contributed by atoms with E-state index in [9.17, 15) is 4.79 Å². The Hall–Kier alpha value is -1.79. The van der Waals surface area contributed by atoms with Gasteiger partial charge in [0.2, 0.25) is 0 Å². The third kappa shape index (κ3) is 4.14. The van der Waals surface area contributed by atoms with Crippen LogP contribution in [-0.2, 0) is 6.54 Å². The van der Waals surface area contributed by atoms with Crippen molar-refractivity contribution < 1.29 is 9.21 Å². The summed E-state index contributed by atoms with van der Waals surface area (Å²) in [5.74, 6) is 0.964. The second kappa shape index (κ2) is 7.19. The molecule has 1 fully saturated rings. The Morgan fingerprint density at radius 3 is 2.70 bits per heavy atom. The lowest BCUT2D eigenvalue weighted by atomic mass is 10.2. The fourth-order valence-electron chi connectivity index (χ4n) is 2.65. The molecule has 0 atom stereocenters. The molecular weight excluding hydrogens is 358 g/mol. The molecule has 0 aliphatic carbocycles. The van der Waals surface area contributed by atoms with Crippen molar-refractivity contribution in [3.8, 4) is 0 Å². The van der Waals surface area contributed by atoms with Gasteiger partial charge in [-0.25, -0.2) is 4.79 Å². The van der Waals surface area contributed by atoms with Crippen molar-refractivity contribution in [2.24, 2.45) is 0 Å². The molecule has 0 spiro atoms. The summed E-state index contributed by atoms with van der Waals surface area (Å²) in [5.41, 5.74) is 1.96. The van der Waals surface area contributed by atoms with Crippen LogP contribution in [-0.4, -0.2) is 42.0 Å². The van der Waals surface area contributed by atoms with Crippen molar-refractivity contribution >= 4 is 27.6 Å². The highest BCUT2D eigenvalue weighted by Crippen LogP contribution is 2.23. The number of piperazine rings is 1. The lowest BCUT2D eigenvalue weighted by Gasteiger charge is -2.34. The quantitative estimate of drug-likeness (QED) is 0.886. The molecule has 2 heterocycles. The number of benzene rings is 1. The van der Waals surface area contributed by atoms with Crippen molar-refractivity contribution in [3.63, 3.8) is 0 Å². The first-order chi connectivity index (χ1) is 11.1. The zero-order valence-electron chi connectivity index (χ0n) is 13.1. The highest BCUT2D eigenvalue weighted by molar-refractivity contribution is 9.10. The summed E-state index contributed by atoms with van der Waals surface area (Å²) in [5, 5.41) is 2.97. The summed E-state index contributed by atoms with van der Waals surface area (Å²) >= 11 is 3.49. The normalized spacial score (nSPS) is 15.7. The van der Waals surface area contributed by atoms with Gasteiger partial charge in [0.15, 0.2) is 0 Å². The number of carbonyl (C=O) groups is 1. The average Bonchev–Trinajstić information content (AvgIpc) is 3.04. The van der Waals surface area contributed by atoms with Crippen molar-refractivity contribution in [2.75, 3.05) is 31.5 Å². The lowest BCUT2D eigenvalue weighted by molar-refractivity contribution is 0.137. The van der Waals surface area contributed by atoms with Gasteiger partial charge in [0.25, 0.3) is 0 Å². The Morgan fingerprint density at radius 1 is 1.26 bits per heavy atom. The highest BCUT2D eigenvalue weighted by atomic mass is 79.9. The van der Waals surface area contributed by atoms with E-state index in [1.807, 2.05) is 42.2 Å². The number of nitrogens with zero attached hydrogens (tertiary/aromatic N) is 2. The van der Waals surface area contributed by atoms with Crippen molar-refractivity contribution in [1.82, 2.24) is 9.80 Å². The van der Waals surface area contributed by atoms with Crippen LogP contribution in [0.25, 0.3) is 0 Å². The Morgan fingerprint density at radius 2 is 2.04 bits per heavy atom. The number of carbonyl (C=O) groups excluding carboxylic acids is 1. The van der Waals surface area contributed by atoms with E-state index >= 15 is 0 Å². The number of anilines is 1. The molecule has 0 radical (unpaired) electrons. The van der Waals surface area contributed by atoms with Crippen molar-refractivity contribution in [2.45, 2.75) is 13.5 Å². The minimum atomic E-state index is -0.0489. The van der Waals surface area contributed by atoms with Gasteiger partial charge in [-0.05, 0) is 52.7 Å². The van der Waals surface area contributed by atoms with Crippen LogP contribution in [0.5, 0.6) is 0 Å². The number of halogens is 1. The van der Waals surface area contributed by atoms with E-state index in [2.05, 4.69) is 26.1 Å². The van der Waals surface area contributed by atoms with E-state index in [0.717, 1.165) is 54.2 Å². The second-order valence-electron chi connectivity index (χ2n) is 5.76. The van der Waals surface area contributed by atoms with Crippen LogP contribution >= 0.6 is 15.9 Å². The van der Waals surface area contributed by atoms with Gasteiger partial charge < -0.3 is 14.6 Å². The van der Waals surface area contributed by atoms with E-state index in [0.29, 0.717) is 0 Å². The van der Waals surface area contributed by atoms with Crippen LogP contribution in [0.4, 0.5) is 10.5 Å². The van der Waals surface area contributed by atoms with Crippen molar-refractivity contribution in [1.29, 1.82) is 0 Å². The molecule has 3 rings (SSSR count). The molecule has 0 saturated carbocycles. The lowest BCUT2D eigenvalue weighted by Crippen LogP contribution is -2.49. The fourth-order valence-corrected chi connectivity index (χ4v) is 3.24. The number of hydrogen-bond acceptors (Lipinski definition) is 3. The summed E-state index contributed by atoms with van der Waals surface area (Å²) < 4.78 is 6.28. The minimum Gasteiger partial charge on any atom is -0.468 e. The molecule has 122 valence electrons. The van der Waals surface area contributed by atoms with Crippen LogP contribution in [0.15, 0.2) is 45.5 Å². The largest absolute Gasteiger partial charge is 0.468 e. The molecule has 2 amide bonds. The number of rotatable bonds is 3. The Balaban J connectivity index is 1.51. The molecule has 6 heteroatoms. The Labute approximate surface area is 144 Å². The average molecular weight is 378 g/mol. The molecular formula is C17H20BrN3O2. The third-order valence-electron chi connectivity index (χ3n) is 3.99. The van der Waals surface area contributed by atoms with Gasteiger partial charge in [-0.2, -0.15) is 0 Å². The highest BCUT2D eigenvalue weighted by Gasteiger charge is 2.22. The molecule has 23 heavy (non-hydrogen) atoms. The molecule has 5 nitrogen and oxygen atoms in total. The number of hydrogen-bond donors (Lipinski definition) is 1. The molecule has 1 N–H and O–H groups in total. The SMILES string of the molecule is Cc1ccc(NC(=O)N2CCN(Cc3ccco3)CC2)c(Br)c1. The van der Waals surface area contributed by atoms with Crippen LogP contribution in [0.2, 0.25) is 0 Å². The van der Waals surface area contributed by atoms with E-state index < -0.39 is 0 Å². The number of aryl methyl sites for hydroxylation is 1. The number of nitrogens with one attached hydrogen (secondary N) is 1. The van der Waals surface area contributed by atoms with Gasteiger partial charge in [-0.1, -0.05) is 6.07 Å². The Kier molecular flexibility index (Phi) is 5.03. The van der Waals surface area contributed by atoms with Crippen LogP contribution in [0.1, 0.15) is 11.3 Å². The first kappa shape index (κ1) is 16.1. The van der Waals surface area contributed by atoms with E-state index in [1.54, 1.807) is 6.26 Å². The topological polar surface area (TPSA) is 48.7 Å². The predicted octanol–water partition coefficient (Wildman–Crippen LogP) is 3.70. The zero-order valence-corrected chi connectivity index (χ0v) is 14.7. The van der Waals surface area contributed by atoms with Crippen LogP contribution < -0.4 is 5.32 Å². The fraction of sp³-hybridized carbons (Fsp3) is 0.353. The maximum atomic E-state index is 12.4. The van der Waals surface area contributed by atoms with Gasteiger partial charge in [-0.15, -0.1) is 0 Å². The molecule has 0 unspecified atom stereocenters. The molecule has 1 aliphatic heterocycles. The minimum absolute atomic E-state index is 0.0489. The standard InChI is InChI=1S/C17H20BrN3O2/c1-13-4-5-16(15(18)11-13)19-17(22)21-8-6-20(7-9-21)12-14-3-2-10-23-14/h2-5,10-11H,6-9,12H2,1H3,(H,19,22). The van der Waals surface area contributed by atoms with Gasteiger partial charge in [-0.3, -0.25) is 4.90 Å². The zero-order chi connectivity index (χ0) is 16.2. The molecule has 1 aromatic carbocycles. The van der Waals surface area contributed by atoms with Crippen molar-refractivity contribution in [3.05, 3.63) is 52.4 Å². The summed E-state index contributed by atoms with van der Waals surface area (Å²) in [7, 11) is 0. The smallest absolute Gasteiger partial charge is 0.321 e. The van der Waals surface area contributed by atoms with Crippen LogP contribution in [0.3, 0.4) is 0 Å². The number of urea groups is 1. The summed E-state index contributed by atoms with van der Waals surface area (Å²) in [6, 6.07) is 9.74. The summed E-state index contributed by atoms with van der Waals surface area (Å²) in [6.45, 7) is 5.96. The molecule has 0 bridgehead atoms. The molecule has 1 aromatic heterocycles. The molecule has 2 aromatic rings. The first-order valence-electron chi connectivity index (χ1n) is 7.68. The Bertz CT molecular complexity index is 664. The number of amides is 2. The van der Waals surface area contributed by atoms with E-state index in [-0.39, 0.29) is 6.03 Å². The second-order valence-corrected chi connectivity index (χ2v) is 6.61. The maximum Gasteiger partial charge on any atom is 0.321 e. The maximum absolute atomic E-state index is 12.4. The van der Waals surface area contributed by atoms with Gasteiger partial charge >= 0.3 is 6.03 Å².